The summed E-state index contributed by atoms with van der Waals surface area (Å²) in [5.41, 5.74) is 2.32. The average molecular weight is 352 g/mol. The van der Waals surface area contributed by atoms with Crippen LogP contribution in [0.15, 0.2) is 42.2 Å². The van der Waals surface area contributed by atoms with Crippen molar-refractivity contribution in [2.24, 2.45) is 5.92 Å². The van der Waals surface area contributed by atoms with E-state index in [1.54, 1.807) is 0 Å². The third-order valence-electron chi connectivity index (χ3n) is 5.88. The molecule has 1 aliphatic heterocycles. The summed E-state index contributed by atoms with van der Waals surface area (Å²) in [4.78, 5) is 25.5. The Morgan fingerprint density at radius 2 is 2.04 bits per heavy atom. The minimum atomic E-state index is -0.394. The molecule has 0 radical (unpaired) electrons. The Morgan fingerprint density at radius 3 is 2.81 bits per heavy atom. The standard InChI is InChI=1S/C22H24O4/c1-2-6-13-7-3-8-14-19(20-15(23)9-4-10-16(20)24)21-17(25)11-5-12-18(21)26-22(13)14/h2-3,7-8,18-19,21,23H,1,4-6,9-12H2/t18-,19+,21-/m1/s1. The van der Waals surface area contributed by atoms with Crippen molar-refractivity contribution in [3.8, 4) is 5.75 Å². The van der Waals surface area contributed by atoms with Gasteiger partial charge in [0.2, 0.25) is 0 Å². The molecule has 3 atom stereocenters. The van der Waals surface area contributed by atoms with E-state index in [0.29, 0.717) is 37.7 Å². The largest absolute Gasteiger partial charge is 0.512 e. The van der Waals surface area contributed by atoms with Gasteiger partial charge in [-0.05, 0) is 31.2 Å². The monoisotopic (exact) mass is 352 g/mol. The first-order valence-electron chi connectivity index (χ1n) is 9.49. The Hall–Kier alpha value is -2.36. The molecule has 1 aromatic rings. The zero-order valence-corrected chi connectivity index (χ0v) is 14.9. The van der Waals surface area contributed by atoms with Gasteiger partial charge >= 0.3 is 0 Å². The van der Waals surface area contributed by atoms with Crippen LogP contribution in [-0.4, -0.2) is 22.8 Å². The molecule has 0 spiro atoms. The fourth-order valence-electron chi connectivity index (χ4n) is 4.75. The second-order valence-electron chi connectivity index (χ2n) is 7.48. The average Bonchev–Trinajstić information content (AvgIpc) is 2.62. The van der Waals surface area contributed by atoms with Crippen molar-refractivity contribution in [2.75, 3.05) is 0 Å². The number of para-hydroxylation sites is 1. The Morgan fingerprint density at radius 1 is 1.19 bits per heavy atom. The summed E-state index contributed by atoms with van der Waals surface area (Å²) in [6, 6.07) is 5.87. The Balaban J connectivity index is 1.92. The maximum absolute atomic E-state index is 12.8. The molecule has 3 aliphatic rings. The number of aliphatic hydroxyl groups is 1. The molecular weight excluding hydrogens is 328 g/mol. The second kappa shape index (κ2) is 6.75. The number of allylic oxidation sites excluding steroid dienone is 3. The molecule has 1 aromatic carbocycles. The second-order valence-corrected chi connectivity index (χ2v) is 7.48. The third kappa shape index (κ3) is 2.68. The van der Waals surface area contributed by atoms with Crippen LogP contribution in [0.4, 0.5) is 0 Å². The van der Waals surface area contributed by atoms with Gasteiger partial charge in [-0.3, -0.25) is 9.59 Å². The lowest BCUT2D eigenvalue weighted by Gasteiger charge is -2.43. The number of carbonyl (C=O) groups excluding carboxylic acids is 2. The van der Waals surface area contributed by atoms with Gasteiger partial charge < -0.3 is 9.84 Å². The van der Waals surface area contributed by atoms with E-state index in [1.165, 1.54) is 0 Å². The zero-order chi connectivity index (χ0) is 18.3. The Bertz CT molecular complexity index is 804. The van der Waals surface area contributed by atoms with Gasteiger partial charge in [0.25, 0.3) is 0 Å². The third-order valence-corrected chi connectivity index (χ3v) is 5.88. The normalized spacial score (nSPS) is 28.2. The van der Waals surface area contributed by atoms with Crippen LogP contribution >= 0.6 is 0 Å². The molecule has 1 N–H and O–H groups in total. The number of ether oxygens (including phenoxy) is 1. The van der Waals surface area contributed by atoms with Gasteiger partial charge in [0.15, 0.2) is 5.78 Å². The number of aliphatic hydroxyl groups excluding tert-OH is 1. The van der Waals surface area contributed by atoms with E-state index in [4.69, 9.17) is 4.74 Å². The highest BCUT2D eigenvalue weighted by Crippen LogP contribution is 2.50. The van der Waals surface area contributed by atoms with Crippen LogP contribution in [0.3, 0.4) is 0 Å². The summed E-state index contributed by atoms with van der Waals surface area (Å²) in [5, 5.41) is 10.6. The van der Waals surface area contributed by atoms with Gasteiger partial charge in [-0.1, -0.05) is 24.3 Å². The molecule has 0 bridgehead atoms. The van der Waals surface area contributed by atoms with E-state index in [2.05, 4.69) is 6.58 Å². The highest BCUT2D eigenvalue weighted by Gasteiger charge is 2.48. The van der Waals surface area contributed by atoms with Crippen LogP contribution in [0.2, 0.25) is 0 Å². The number of Topliss-reactive ketones (excluding diaryl/α,β-unsaturated/α-hetero) is 2. The first-order valence-corrected chi connectivity index (χ1v) is 9.49. The molecule has 1 heterocycles. The first-order chi connectivity index (χ1) is 12.6. The van der Waals surface area contributed by atoms with Crippen molar-refractivity contribution in [3.63, 3.8) is 0 Å². The molecule has 0 amide bonds. The minimum Gasteiger partial charge on any atom is -0.512 e. The van der Waals surface area contributed by atoms with Crippen molar-refractivity contribution in [3.05, 3.63) is 53.3 Å². The predicted molar refractivity (Wildman–Crippen MR) is 98.4 cm³/mol. The molecule has 0 aromatic heterocycles. The van der Waals surface area contributed by atoms with E-state index in [1.807, 2.05) is 24.3 Å². The smallest absolute Gasteiger partial charge is 0.162 e. The molecule has 1 saturated carbocycles. The van der Waals surface area contributed by atoms with Crippen molar-refractivity contribution in [1.82, 2.24) is 0 Å². The van der Waals surface area contributed by atoms with E-state index >= 15 is 0 Å². The molecule has 1 fully saturated rings. The summed E-state index contributed by atoms with van der Waals surface area (Å²) < 4.78 is 6.30. The fourth-order valence-corrected chi connectivity index (χ4v) is 4.75. The highest BCUT2D eigenvalue weighted by atomic mass is 16.5. The molecule has 4 nitrogen and oxygen atoms in total. The predicted octanol–water partition coefficient (Wildman–Crippen LogP) is 4.19. The number of carbonyl (C=O) groups is 2. The molecule has 136 valence electrons. The topological polar surface area (TPSA) is 63.6 Å². The van der Waals surface area contributed by atoms with Crippen molar-refractivity contribution in [1.29, 1.82) is 0 Å². The molecule has 2 aliphatic carbocycles. The SMILES string of the molecule is C=CCc1cccc2c1O[C@@H]1CCCC(=O)[C@H]1[C@@H]2C1=C(O)CCCC1=O. The summed E-state index contributed by atoms with van der Waals surface area (Å²) >= 11 is 0. The molecule has 0 saturated heterocycles. The van der Waals surface area contributed by atoms with E-state index in [0.717, 1.165) is 29.7 Å². The van der Waals surface area contributed by atoms with Gasteiger partial charge in [0.1, 0.15) is 17.6 Å². The van der Waals surface area contributed by atoms with Crippen LogP contribution in [-0.2, 0) is 16.0 Å². The van der Waals surface area contributed by atoms with Gasteiger partial charge in [0, 0.05) is 36.3 Å². The Kier molecular flexibility index (Phi) is 4.43. The quantitative estimate of drug-likeness (QED) is 0.828. The zero-order valence-electron chi connectivity index (χ0n) is 14.9. The first kappa shape index (κ1) is 17.1. The Labute approximate surface area is 153 Å². The van der Waals surface area contributed by atoms with E-state index in [9.17, 15) is 14.7 Å². The number of hydrogen-bond donors (Lipinski definition) is 1. The maximum atomic E-state index is 12.8. The van der Waals surface area contributed by atoms with Crippen molar-refractivity contribution < 1.29 is 19.4 Å². The highest BCUT2D eigenvalue weighted by molar-refractivity contribution is 6.00. The molecule has 26 heavy (non-hydrogen) atoms. The van der Waals surface area contributed by atoms with E-state index < -0.39 is 5.92 Å². The summed E-state index contributed by atoms with van der Waals surface area (Å²) in [5.74, 6) is 0.267. The van der Waals surface area contributed by atoms with Gasteiger partial charge in [-0.2, -0.15) is 0 Å². The summed E-state index contributed by atoms with van der Waals surface area (Å²) in [6.45, 7) is 3.82. The summed E-state index contributed by atoms with van der Waals surface area (Å²) in [7, 11) is 0. The lowest BCUT2D eigenvalue weighted by Crippen LogP contribution is -2.45. The van der Waals surface area contributed by atoms with Crippen LogP contribution in [0.25, 0.3) is 0 Å². The number of ketones is 2. The van der Waals surface area contributed by atoms with Crippen LogP contribution in [0, 0.1) is 5.92 Å². The number of rotatable bonds is 3. The molecule has 4 heteroatoms. The van der Waals surface area contributed by atoms with Crippen molar-refractivity contribution in [2.45, 2.75) is 57.0 Å². The number of hydrogen-bond acceptors (Lipinski definition) is 4. The van der Waals surface area contributed by atoms with Crippen molar-refractivity contribution >= 4 is 11.6 Å². The molecule has 4 rings (SSSR count). The lowest BCUT2D eigenvalue weighted by atomic mass is 9.67. The van der Waals surface area contributed by atoms with Crippen LogP contribution < -0.4 is 4.74 Å². The van der Waals surface area contributed by atoms with E-state index in [-0.39, 0.29) is 29.3 Å². The van der Waals surface area contributed by atoms with Gasteiger partial charge in [0.05, 0.1) is 11.7 Å². The van der Waals surface area contributed by atoms with Gasteiger partial charge in [-0.15, -0.1) is 6.58 Å². The maximum Gasteiger partial charge on any atom is 0.162 e. The fraction of sp³-hybridized carbons (Fsp3) is 0.455. The number of benzene rings is 1. The van der Waals surface area contributed by atoms with Gasteiger partial charge in [-0.25, -0.2) is 0 Å². The van der Waals surface area contributed by atoms with Crippen LogP contribution in [0.5, 0.6) is 5.75 Å². The lowest BCUT2D eigenvalue weighted by molar-refractivity contribution is -0.130. The number of fused-ring (bicyclic) bond motifs is 2. The minimum absolute atomic E-state index is 0.0298. The van der Waals surface area contributed by atoms with Crippen LogP contribution in [0.1, 0.15) is 55.6 Å². The summed E-state index contributed by atoms with van der Waals surface area (Å²) in [6.07, 6.45) is 6.01. The molecule has 0 unspecified atom stereocenters. The molecular formula is C22H24O4.